The van der Waals surface area contributed by atoms with Crippen molar-refractivity contribution in [1.29, 1.82) is 0 Å². The van der Waals surface area contributed by atoms with Crippen molar-refractivity contribution in [2.45, 2.75) is 18.0 Å². The standard InChI is InChI=1S/C19H20N4O3S/c1-22(18-10-2-3-11-19(18)27(24,25)26)23(14-16-8-4-6-12-20-16)15-17-9-5-7-13-21-17/h2-13H,14-15H2,1H3,(H,24,25,26). The molecule has 0 bridgehead atoms. The fourth-order valence-corrected chi connectivity index (χ4v) is 3.44. The summed E-state index contributed by atoms with van der Waals surface area (Å²) in [5.41, 5.74) is 2.01. The van der Waals surface area contributed by atoms with E-state index in [0.29, 0.717) is 18.8 Å². The summed E-state index contributed by atoms with van der Waals surface area (Å²) in [6.45, 7) is 0.876. The van der Waals surface area contributed by atoms with Crippen LogP contribution in [0.25, 0.3) is 0 Å². The van der Waals surface area contributed by atoms with Crippen molar-refractivity contribution in [3.05, 3.63) is 84.4 Å². The smallest absolute Gasteiger partial charge is 0.296 e. The summed E-state index contributed by atoms with van der Waals surface area (Å²) in [4.78, 5) is 8.55. The minimum absolute atomic E-state index is 0.153. The second kappa shape index (κ2) is 8.26. The molecule has 0 aliphatic carbocycles. The SMILES string of the molecule is CN(c1ccccc1S(=O)(=O)O)N(Cc1ccccn1)Cc1ccccn1. The minimum Gasteiger partial charge on any atom is -0.307 e. The van der Waals surface area contributed by atoms with Gasteiger partial charge in [-0.3, -0.25) is 14.5 Å². The van der Waals surface area contributed by atoms with Gasteiger partial charge in [0.25, 0.3) is 10.1 Å². The maximum absolute atomic E-state index is 11.8. The highest BCUT2D eigenvalue weighted by Gasteiger charge is 2.22. The molecule has 0 atom stereocenters. The van der Waals surface area contributed by atoms with Gasteiger partial charge in [-0.05, 0) is 36.4 Å². The molecule has 2 heterocycles. The summed E-state index contributed by atoms with van der Waals surface area (Å²) in [5.74, 6) is 0. The van der Waals surface area contributed by atoms with E-state index in [2.05, 4.69) is 9.97 Å². The van der Waals surface area contributed by atoms with Gasteiger partial charge >= 0.3 is 0 Å². The first kappa shape index (κ1) is 19.0. The summed E-state index contributed by atoms with van der Waals surface area (Å²) < 4.78 is 33.1. The Morgan fingerprint density at radius 3 is 1.85 bits per heavy atom. The summed E-state index contributed by atoms with van der Waals surface area (Å²) >= 11 is 0. The van der Waals surface area contributed by atoms with E-state index in [-0.39, 0.29) is 4.90 Å². The molecule has 7 nitrogen and oxygen atoms in total. The molecule has 140 valence electrons. The van der Waals surface area contributed by atoms with E-state index in [1.165, 1.54) is 6.07 Å². The summed E-state index contributed by atoms with van der Waals surface area (Å²) in [6.07, 6.45) is 3.42. The molecule has 0 amide bonds. The van der Waals surface area contributed by atoms with Crippen molar-refractivity contribution >= 4 is 15.8 Å². The van der Waals surface area contributed by atoms with Crippen molar-refractivity contribution in [2.75, 3.05) is 12.1 Å². The Kier molecular flexibility index (Phi) is 5.80. The Balaban J connectivity index is 1.97. The predicted molar refractivity (Wildman–Crippen MR) is 102 cm³/mol. The van der Waals surface area contributed by atoms with E-state index in [9.17, 15) is 13.0 Å². The monoisotopic (exact) mass is 384 g/mol. The first-order valence-electron chi connectivity index (χ1n) is 8.30. The van der Waals surface area contributed by atoms with Crippen LogP contribution in [0.2, 0.25) is 0 Å². The zero-order chi connectivity index (χ0) is 19.3. The average molecular weight is 384 g/mol. The molecular formula is C19H20N4O3S. The molecule has 3 rings (SSSR count). The van der Waals surface area contributed by atoms with Crippen LogP contribution in [0.15, 0.2) is 78.0 Å². The van der Waals surface area contributed by atoms with Crippen LogP contribution < -0.4 is 5.01 Å². The first-order valence-corrected chi connectivity index (χ1v) is 9.74. The van der Waals surface area contributed by atoms with E-state index in [1.807, 2.05) is 41.4 Å². The maximum atomic E-state index is 11.8. The van der Waals surface area contributed by atoms with Crippen molar-refractivity contribution in [2.24, 2.45) is 0 Å². The molecule has 1 N–H and O–H groups in total. The quantitative estimate of drug-likeness (QED) is 0.495. The largest absolute Gasteiger partial charge is 0.307 e. The molecule has 0 saturated carbocycles. The van der Waals surface area contributed by atoms with Crippen molar-refractivity contribution in [1.82, 2.24) is 15.0 Å². The third-order valence-electron chi connectivity index (χ3n) is 4.06. The number of nitrogens with zero attached hydrogens (tertiary/aromatic N) is 4. The lowest BCUT2D eigenvalue weighted by Crippen LogP contribution is -2.40. The van der Waals surface area contributed by atoms with Gasteiger partial charge in [0.05, 0.1) is 30.2 Å². The van der Waals surface area contributed by atoms with E-state index in [1.54, 1.807) is 42.6 Å². The van der Waals surface area contributed by atoms with Crippen molar-refractivity contribution in [3.8, 4) is 0 Å². The van der Waals surface area contributed by atoms with Gasteiger partial charge in [0.15, 0.2) is 0 Å². The number of rotatable bonds is 7. The molecule has 1 aromatic carbocycles. The zero-order valence-corrected chi connectivity index (χ0v) is 15.6. The molecule has 27 heavy (non-hydrogen) atoms. The number of para-hydroxylation sites is 1. The van der Waals surface area contributed by atoms with Crippen LogP contribution in [0, 0.1) is 0 Å². The van der Waals surface area contributed by atoms with Gasteiger partial charge in [0.1, 0.15) is 4.90 Å². The van der Waals surface area contributed by atoms with E-state index in [0.717, 1.165) is 11.4 Å². The van der Waals surface area contributed by atoms with Crippen LogP contribution in [0.1, 0.15) is 11.4 Å². The zero-order valence-electron chi connectivity index (χ0n) is 14.8. The third-order valence-corrected chi connectivity index (χ3v) is 4.96. The normalized spacial score (nSPS) is 11.5. The highest BCUT2D eigenvalue weighted by Crippen LogP contribution is 2.26. The lowest BCUT2D eigenvalue weighted by Gasteiger charge is -2.34. The van der Waals surface area contributed by atoms with Crippen LogP contribution in [0.5, 0.6) is 0 Å². The minimum atomic E-state index is -4.36. The van der Waals surface area contributed by atoms with Gasteiger partial charge in [-0.2, -0.15) is 8.42 Å². The molecule has 0 aliphatic rings. The first-order chi connectivity index (χ1) is 12.9. The number of pyridine rings is 2. The Hall–Kier alpha value is -2.81. The highest BCUT2D eigenvalue weighted by molar-refractivity contribution is 7.86. The average Bonchev–Trinajstić information content (AvgIpc) is 2.68. The van der Waals surface area contributed by atoms with Crippen molar-refractivity contribution < 1.29 is 13.0 Å². The van der Waals surface area contributed by atoms with E-state index < -0.39 is 10.1 Å². The number of hydrazine groups is 1. The number of anilines is 1. The molecule has 0 saturated heterocycles. The lowest BCUT2D eigenvalue weighted by molar-refractivity contribution is 0.239. The second-order valence-electron chi connectivity index (χ2n) is 5.93. The molecule has 0 aliphatic heterocycles. The predicted octanol–water partition coefficient (Wildman–Crippen LogP) is 2.78. The molecule has 8 heteroatoms. The van der Waals surface area contributed by atoms with Crippen LogP contribution in [-0.4, -0.2) is 35.0 Å². The Labute approximate surface area is 158 Å². The molecule has 0 spiro atoms. The highest BCUT2D eigenvalue weighted by atomic mass is 32.2. The molecule has 2 aromatic heterocycles. The van der Waals surface area contributed by atoms with Gasteiger partial charge in [0, 0.05) is 19.4 Å². The fourth-order valence-electron chi connectivity index (χ4n) is 2.72. The number of aromatic nitrogens is 2. The number of hydrogen-bond donors (Lipinski definition) is 1. The molecule has 0 fully saturated rings. The van der Waals surface area contributed by atoms with Gasteiger partial charge in [-0.25, -0.2) is 5.01 Å². The Morgan fingerprint density at radius 1 is 0.852 bits per heavy atom. The van der Waals surface area contributed by atoms with Gasteiger partial charge in [-0.1, -0.05) is 24.3 Å². The van der Waals surface area contributed by atoms with Gasteiger partial charge < -0.3 is 5.01 Å². The molecule has 0 radical (unpaired) electrons. The van der Waals surface area contributed by atoms with E-state index in [4.69, 9.17) is 0 Å². The summed E-state index contributed by atoms with van der Waals surface area (Å²) in [5, 5.41) is 3.61. The molecular weight excluding hydrogens is 364 g/mol. The van der Waals surface area contributed by atoms with Crippen LogP contribution in [-0.2, 0) is 23.2 Å². The van der Waals surface area contributed by atoms with Gasteiger partial charge in [-0.15, -0.1) is 0 Å². The topological polar surface area (TPSA) is 86.6 Å². The second-order valence-corrected chi connectivity index (χ2v) is 7.32. The Morgan fingerprint density at radius 2 is 1.37 bits per heavy atom. The van der Waals surface area contributed by atoms with Crippen molar-refractivity contribution in [3.63, 3.8) is 0 Å². The lowest BCUT2D eigenvalue weighted by atomic mass is 10.3. The summed E-state index contributed by atoms with van der Waals surface area (Å²) in [7, 11) is -2.61. The van der Waals surface area contributed by atoms with Gasteiger partial charge in [0.2, 0.25) is 0 Å². The number of benzene rings is 1. The fraction of sp³-hybridized carbons (Fsp3) is 0.158. The van der Waals surface area contributed by atoms with E-state index >= 15 is 0 Å². The summed E-state index contributed by atoms with van der Waals surface area (Å²) in [6, 6.07) is 17.6. The Bertz CT molecular complexity index is 941. The maximum Gasteiger partial charge on any atom is 0.296 e. The van der Waals surface area contributed by atoms with Crippen LogP contribution >= 0.6 is 0 Å². The van der Waals surface area contributed by atoms with Crippen LogP contribution in [0.4, 0.5) is 5.69 Å². The van der Waals surface area contributed by atoms with Crippen LogP contribution in [0.3, 0.4) is 0 Å². The molecule has 3 aromatic rings. The third kappa shape index (κ3) is 4.88. The number of hydrogen-bond acceptors (Lipinski definition) is 6. The molecule has 0 unspecified atom stereocenters.